The summed E-state index contributed by atoms with van der Waals surface area (Å²) < 4.78 is 0. The minimum absolute atomic E-state index is 0. The molecule has 3 N–H and O–H groups in total. The fourth-order valence-electron chi connectivity index (χ4n) is 2.31. The van der Waals surface area contributed by atoms with Crippen LogP contribution in [0.5, 0.6) is 0 Å². The van der Waals surface area contributed by atoms with Crippen LogP contribution in [0.2, 0.25) is 0 Å². The number of nitrogens with one attached hydrogen (secondary N) is 3. The van der Waals surface area contributed by atoms with E-state index in [1.165, 1.54) is 11.8 Å². The maximum absolute atomic E-state index is 11.8. The van der Waals surface area contributed by atoms with Gasteiger partial charge in [-0.3, -0.25) is 9.59 Å². The zero-order chi connectivity index (χ0) is 15.8. The summed E-state index contributed by atoms with van der Waals surface area (Å²) in [5, 5.41) is 9.08. The number of hydrogen-bond acceptors (Lipinski definition) is 4. The number of carbonyl (C=O) groups excluding carboxylic acids is 2. The van der Waals surface area contributed by atoms with Crippen LogP contribution >= 0.6 is 24.2 Å². The summed E-state index contributed by atoms with van der Waals surface area (Å²) in [5.41, 5.74) is 1.94. The van der Waals surface area contributed by atoms with Crippen molar-refractivity contribution in [1.82, 2.24) is 10.6 Å². The van der Waals surface area contributed by atoms with Crippen LogP contribution in [0.4, 0.5) is 5.69 Å². The van der Waals surface area contributed by atoms with Crippen LogP contribution in [-0.2, 0) is 9.59 Å². The number of rotatable bonds is 6. The molecule has 7 heteroatoms. The van der Waals surface area contributed by atoms with Gasteiger partial charge in [-0.05, 0) is 38.4 Å². The lowest BCUT2D eigenvalue weighted by Gasteiger charge is -2.23. The van der Waals surface area contributed by atoms with Crippen LogP contribution in [0.25, 0.3) is 0 Å². The molecule has 23 heavy (non-hydrogen) atoms. The zero-order valence-corrected chi connectivity index (χ0v) is 14.9. The van der Waals surface area contributed by atoms with Gasteiger partial charge >= 0.3 is 0 Å². The summed E-state index contributed by atoms with van der Waals surface area (Å²) in [5.74, 6) is 0.519. The maximum Gasteiger partial charge on any atom is 0.234 e. The van der Waals surface area contributed by atoms with Gasteiger partial charge in [-0.25, -0.2) is 0 Å². The summed E-state index contributed by atoms with van der Waals surface area (Å²) in [6.07, 6.45) is 2.12. The minimum atomic E-state index is -0.0824. The van der Waals surface area contributed by atoms with Crippen molar-refractivity contribution < 1.29 is 9.59 Å². The molecule has 1 atom stereocenters. The molecule has 1 fully saturated rings. The predicted molar refractivity (Wildman–Crippen MR) is 98.4 cm³/mol. The fourth-order valence-corrected chi connectivity index (χ4v) is 2.94. The van der Waals surface area contributed by atoms with E-state index in [1.54, 1.807) is 0 Å². The SMILES string of the molecule is Cc1ccc(NC(=O)CSCC(=O)NC2CCCNC2)cc1.Cl. The first-order chi connectivity index (χ1) is 10.6. The van der Waals surface area contributed by atoms with Crippen LogP contribution in [0, 0.1) is 6.92 Å². The van der Waals surface area contributed by atoms with E-state index >= 15 is 0 Å². The standard InChI is InChI=1S/C16H23N3O2S.ClH/c1-12-4-6-13(7-5-12)18-15(20)10-22-11-16(21)19-14-3-2-8-17-9-14;/h4-7,14,17H,2-3,8-11H2,1H3,(H,18,20)(H,19,21);1H. The Morgan fingerprint density at radius 1 is 1.22 bits per heavy atom. The third-order valence-electron chi connectivity index (χ3n) is 3.46. The van der Waals surface area contributed by atoms with Gasteiger partial charge in [-0.1, -0.05) is 17.7 Å². The van der Waals surface area contributed by atoms with Gasteiger partial charge < -0.3 is 16.0 Å². The normalized spacial score (nSPS) is 17.0. The number of piperidine rings is 1. The van der Waals surface area contributed by atoms with Gasteiger partial charge in [-0.15, -0.1) is 24.2 Å². The number of carbonyl (C=O) groups is 2. The van der Waals surface area contributed by atoms with Gasteiger partial charge in [0.15, 0.2) is 0 Å². The molecule has 1 aliphatic heterocycles. The van der Waals surface area contributed by atoms with E-state index in [4.69, 9.17) is 0 Å². The summed E-state index contributed by atoms with van der Waals surface area (Å²) in [4.78, 5) is 23.6. The Morgan fingerprint density at radius 3 is 2.57 bits per heavy atom. The number of hydrogen-bond donors (Lipinski definition) is 3. The Hall–Kier alpha value is -1.24. The van der Waals surface area contributed by atoms with Crippen molar-refractivity contribution in [2.75, 3.05) is 29.9 Å². The highest BCUT2D eigenvalue weighted by Gasteiger charge is 2.15. The van der Waals surface area contributed by atoms with Crippen LogP contribution in [-0.4, -0.2) is 42.5 Å². The van der Waals surface area contributed by atoms with Crippen molar-refractivity contribution in [1.29, 1.82) is 0 Å². The number of amides is 2. The second kappa shape index (κ2) is 10.5. The second-order valence-corrected chi connectivity index (χ2v) is 6.50. The summed E-state index contributed by atoms with van der Waals surface area (Å²) >= 11 is 1.34. The average molecular weight is 358 g/mol. The van der Waals surface area contributed by atoms with E-state index in [-0.39, 0.29) is 36.0 Å². The molecule has 0 saturated carbocycles. The van der Waals surface area contributed by atoms with Gasteiger partial charge in [0.25, 0.3) is 0 Å². The number of halogens is 1. The van der Waals surface area contributed by atoms with Crippen LogP contribution in [0.1, 0.15) is 18.4 Å². The smallest absolute Gasteiger partial charge is 0.234 e. The lowest BCUT2D eigenvalue weighted by atomic mass is 10.1. The lowest BCUT2D eigenvalue weighted by molar-refractivity contribution is -0.119. The van der Waals surface area contributed by atoms with Gasteiger partial charge in [0.05, 0.1) is 11.5 Å². The van der Waals surface area contributed by atoms with Crippen LogP contribution in [0.15, 0.2) is 24.3 Å². The lowest BCUT2D eigenvalue weighted by Crippen LogP contribution is -2.46. The van der Waals surface area contributed by atoms with E-state index in [0.29, 0.717) is 5.75 Å². The second-order valence-electron chi connectivity index (χ2n) is 5.52. The van der Waals surface area contributed by atoms with Crippen LogP contribution in [0.3, 0.4) is 0 Å². The molecule has 2 rings (SSSR count). The predicted octanol–water partition coefficient (Wildman–Crippen LogP) is 1.96. The van der Waals surface area contributed by atoms with Crippen molar-refractivity contribution >= 4 is 41.7 Å². The molecule has 1 unspecified atom stereocenters. The molecule has 0 aliphatic carbocycles. The van der Waals surface area contributed by atoms with Gasteiger partial charge in [0, 0.05) is 18.3 Å². The maximum atomic E-state index is 11.8. The first-order valence-electron chi connectivity index (χ1n) is 7.58. The number of aryl methyl sites for hydroxylation is 1. The molecule has 5 nitrogen and oxygen atoms in total. The Morgan fingerprint density at radius 2 is 1.91 bits per heavy atom. The molecule has 1 saturated heterocycles. The molecule has 1 aromatic rings. The molecule has 0 radical (unpaired) electrons. The highest BCUT2D eigenvalue weighted by atomic mass is 35.5. The van der Waals surface area contributed by atoms with E-state index < -0.39 is 0 Å². The molecule has 2 amide bonds. The third kappa shape index (κ3) is 7.72. The molecular formula is C16H24ClN3O2S. The minimum Gasteiger partial charge on any atom is -0.351 e. The van der Waals surface area contributed by atoms with E-state index in [1.807, 2.05) is 31.2 Å². The van der Waals surface area contributed by atoms with Crippen molar-refractivity contribution in [3.63, 3.8) is 0 Å². The highest BCUT2D eigenvalue weighted by molar-refractivity contribution is 8.00. The molecule has 0 bridgehead atoms. The molecule has 128 valence electrons. The first kappa shape index (κ1) is 19.8. The highest BCUT2D eigenvalue weighted by Crippen LogP contribution is 2.10. The monoisotopic (exact) mass is 357 g/mol. The topological polar surface area (TPSA) is 70.2 Å². The molecule has 0 aromatic heterocycles. The van der Waals surface area contributed by atoms with Crippen molar-refractivity contribution in [2.24, 2.45) is 0 Å². The largest absolute Gasteiger partial charge is 0.351 e. The summed E-state index contributed by atoms with van der Waals surface area (Å²) in [7, 11) is 0. The van der Waals surface area contributed by atoms with Gasteiger partial charge in [0.2, 0.25) is 11.8 Å². The zero-order valence-electron chi connectivity index (χ0n) is 13.3. The van der Waals surface area contributed by atoms with Crippen molar-refractivity contribution in [2.45, 2.75) is 25.8 Å². The number of benzene rings is 1. The number of thioether (sulfide) groups is 1. The summed E-state index contributed by atoms with van der Waals surface area (Å²) in [6.45, 7) is 3.87. The molecule has 1 aliphatic rings. The Bertz CT molecular complexity index is 505. The van der Waals surface area contributed by atoms with Gasteiger partial charge in [-0.2, -0.15) is 0 Å². The molecular weight excluding hydrogens is 334 g/mol. The Labute approximate surface area is 147 Å². The van der Waals surface area contributed by atoms with Crippen LogP contribution < -0.4 is 16.0 Å². The molecule has 1 heterocycles. The van der Waals surface area contributed by atoms with Crippen molar-refractivity contribution in [3.05, 3.63) is 29.8 Å². The van der Waals surface area contributed by atoms with E-state index in [0.717, 1.165) is 37.2 Å². The van der Waals surface area contributed by atoms with E-state index in [2.05, 4.69) is 16.0 Å². The Balaban J connectivity index is 0.00000264. The number of anilines is 1. The summed E-state index contributed by atoms with van der Waals surface area (Å²) in [6, 6.07) is 7.88. The van der Waals surface area contributed by atoms with E-state index in [9.17, 15) is 9.59 Å². The third-order valence-corrected chi connectivity index (χ3v) is 4.40. The molecule has 0 spiro atoms. The quantitative estimate of drug-likeness (QED) is 0.728. The first-order valence-corrected chi connectivity index (χ1v) is 8.73. The average Bonchev–Trinajstić information content (AvgIpc) is 2.50. The fraction of sp³-hybridized carbons (Fsp3) is 0.500. The molecule has 1 aromatic carbocycles. The Kier molecular flexibility index (Phi) is 9.06. The van der Waals surface area contributed by atoms with Gasteiger partial charge in [0.1, 0.15) is 0 Å². The van der Waals surface area contributed by atoms with Crippen molar-refractivity contribution in [3.8, 4) is 0 Å².